The van der Waals surface area contributed by atoms with Crippen molar-refractivity contribution in [3.8, 4) is 0 Å². The maximum Gasteiger partial charge on any atom is 0.241 e. The lowest BCUT2D eigenvalue weighted by atomic mass is 9.77. The minimum Gasteiger partial charge on any atom is -0.349 e. The molecule has 2 heterocycles. The third-order valence-electron chi connectivity index (χ3n) is 6.98. The minimum absolute atomic E-state index is 0.167. The second kappa shape index (κ2) is 7.01. The van der Waals surface area contributed by atoms with Crippen molar-refractivity contribution in [2.45, 2.75) is 18.6 Å². The van der Waals surface area contributed by atoms with Crippen LogP contribution in [-0.4, -0.2) is 29.0 Å². The highest BCUT2D eigenvalue weighted by Gasteiger charge is 2.74. The number of ketones is 2. The van der Waals surface area contributed by atoms with Crippen LogP contribution in [0.3, 0.4) is 0 Å². The number of hydrogen-bond acceptors (Lipinski definition) is 5. The van der Waals surface area contributed by atoms with Crippen molar-refractivity contribution < 1.29 is 28.3 Å². The van der Waals surface area contributed by atoms with Crippen molar-refractivity contribution in [2.24, 2.45) is 11.8 Å². The van der Waals surface area contributed by atoms with Gasteiger partial charge in [-0.05, 0) is 42.3 Å². The Bertz CT molecular complexity index is 1380. The summed E-state index contributed by atoms with van der Waals surface area (Å²) in [4.78, 5) is 55.9. The summed E-state index contributed by atoms with van der Waals surface area (Å²) in [5, 5.41) is 0. The van der Waals surface area contributed by atoms with Gasteiger partial charge in [0.25, 0.3) is 0 Å². The number of Topliss-reactive ketones (excluding diaryl/α,β-unsaturated/α-hetero) is 2. The van der Waals surface area contributed by atoms with Crippen LogP contribution in [-0.2, 0) is 14.3 Å². The monoisotopic (exact) mass is 455 g/mol. The molecule has 0 radical (unpaired) electrons. The number of nitrogens with zero attached hydrogens (tertiary/aromatic N) is 1. The van der Waals surface area contributed by atoms with Crippen LogP contribution in [0.2, 0.25) is 0 Å². The summed E-state index contributed by atoms with van der Waals surface area (Å²) in [6.45, 7) is 1.84. The Morgan fingerprint density at radius 2 is 1.47 bits per heavy atom. The Morgan fingerprint density at radius 3 is 2.09 bits per heavy atom. The third-order valence-corrected chi connectivity index (χ3v) is 6.98. The Hall–Kier alpha value is -3.97. The number of imide groups is 1. The van der Waals surface area contributed by atoms with E-state index < -0.39 is 52.7 Å². The number of halogens is 1. The predicted octanol–water partition coefficient (Wildman–Crippen LogP) is 3.83. The molecular weight excluding hydrogens is 437 g/mol. The molecule has 1 aliphatic carbocycles. The van der Waals surface area contributed by atoms with E-state index in [1.54, 1.807) is 30.3 Å². The van der Waals surface area contributed by atoms with E-state index in [2.05, 4.69) is 0 Å². The number of rotatable bonds is 2. The van der Waals surface area contributed by atoms with E-state index in [0.29, 0.717) is 11.3 Å². The first-order valence-corrected chi connectivity index (χ1v) is 10.9. The van der Waals surface area contributed by atoms with Gasteiger partial charge in [0.1, 0.15) is 5.82 Å². The standard InChI is InChI=1S/C27H18FNO5/c1-14-5-4-6-17(13-14)29-25(32)20-21(26(29)33)27(34-22(20)15-9-11-16(28)12-10-15)23(30)18-7-2-3-8-19(18)24(27)31/h2-13,20-22H,1H3/t20-,21+,22-/m0/s1. The van der Waals surface area contributed by atoms with E-state index >= 15 is 0 Å². The molecule has 3 aromatic carbocycles. The Kier molecular flexibility index (Phi) is 4.25. The van der Waals surface area contributed by atoms with E-state index in [4.69, 9.17) is 4.74 Å². The molecule has 6 nitrogen and oxygen atoms in total. The van der Waals surface area contributed by atoms with Crippen LogP contribution in [0.1, 0.15) is 37.9 Å². The van der Waals surface area contributed by atoms with Crippen molar-refractivity contribution in [2.75, 3.05) is 4.90 Å². The van der Waals surface area contributed by atoms with E-state index in [1.165, 1.54) is 36.4 Å². The first kappa shape index (κ1) is 20.6. The van der Waals surface area contributed by atoms with Crippen molar-refractivity contribution >= 4 is 29.1 Å². The molecular formula is C27H18FNO5. The van der Waals surface area contributed by atoms with Crippen LogP contribution in [0, 0.1) is 24.6 Å². The lowest BCUT2D eigenvalue weighted by Gasteiger charge is -2.27. The first-order valence-electron chi connectivity index (χ1n) is 10.9. The number of anilines is 1. The summed E-state index contributed by atoms with van der Waals surface area (Å²) in [6.07, 6.45) is -1.07. The summed E-state index contributed by atoms with van der Waals surface area (Å²) in [6, 6.07) is 18.5. The lowest BCUT2D eigenvalue weighted by molar-refractivity contribution is -0.127. The van der Waals surface area contributed by atoms with Crippen molar-refractivity contribution in [1.29, 1.82) is 0 Å². The van der Waals surface area contributed by atoms with Gasteiger partial charge in [-0.15, -0.1) is 0 Å². The zero-order valence-corrected chi connectivity index (χ0v) is 18.0. The molecule has 168 valence electrons. The molecule has 0 N–H and O–H groups in total. The fraction of sp³-hybridized carbons (Fsp3) is 0.185. The van der Waals surface area contributed by atoms with Gasteiger partial charge in [-0.3, -0.25) is 19.2 Å². The van der Waals surface area contributed by atoms with E-state index in [9.17, 15) is 23.6 Å². The molecule has 0 bridgehead atoms. The molecule has 2 saturated heterocycles. The van der Waals surface area contributed by atoms with Gasteiger partial charge in [-0.2, -0.15) is 0 Å². The van der Waals surface area contributed by atoms with Gasteiger partial charge < -0.3 is 4.74 Å². The Balaban J connectivity index is 1.55. The number of fused-ring (bicyclic) bond motifs is 3. The van der Waals surface area contributed by atoms with Crippen LogP contribution < -0.4 is 4.90 Å². The zero-order valence-electron chi connectivity index (χ0n) is 18.0. The van der Waals surface area contributed by atoms with E-state index in [0.717, 1.165) is 10.5 Å². The van der Waals surface area contributed by atoms with E-state index in [-0.39, 0.29) is 11.1 Å². The Morgan fingerprint density at radius 1 is 0.824 bits per heavy atom. The highest BCUT2D eigenvalue weighted by atomic mass is 19.1. The molecule has 0 aromatic heterocycles. The number of benzene rings is 3. The van der Waals surface area contributed by atoms with Gasteiger partial charge in [-0.1, -0.05) is 48.5 Å². The van der Waals surface area contributed by atoms with E-state index in [1.807, 2.05) is 13.0 Å². The van der Waals surface area contributed by atoms with Crippen molar-refractivity contribution in [3.05, 3.63) is 101 Å². The molecule has 3 aliphatic rings. The summed E-state index contributed by atoms with van der Waals surface area (Å²) < 4.78 is 19.8. The summed E-state index contributed by atoms with van der Waals surface area (Å²) in [7, 11) is 0. The van der Waals surface area contributed by atoms with Gasteiger partial charge in [0.2, 0.25) is 29.0 Å². The quantitative estimate of drug-likeness (QED) is 0.433. The normalized spacial score (nSPS) is 24.8. The van der Waals surface area contributed by atoms with Crippen LogP contribution in [0.15, 0.2) is 72.8 Å². The fourth-order valence-electron chi connectivity index (χ4n) is 5.49. The minimum atomic E-state index is -2.14. The first-order chi connectivity index (χ1) is 16.3. The van der Waals surface area contributed by atoms with Crippen LogP contribution >= 0.6 is 0 Å². The largest absolute Gasteiger partial charge is 0.349 e. The van der Waals surface area contributed by atoms with Crippen molar-refractivity contribution in [1.82, 2.24) is 0 Å². The second-order valence-electron chi connectivity index (χ2n) is 8.88. The van der Waals surface area contributed by atoms with Crippen LogP contribution in [0.25, 0.3) is 0 Å². The highest BCUT2D eigenvalue weighted by Crippen LogP contribution is 2.57. The third kappa shape index (κ3) is 2.53. The lowest BCUT2D eigenvalue weighted by Crippen LogP contribution is -2.51. The Labute approximate surface area is 193 Å². The van der Waals surface area contributed by atoms with Crippen LogP contribution in [0.4, 0.5) is 10.1 Å². The molecule has 0 unspecified atom stereocenters. The summed E-state index contributed by atoms with van der Waals surface area (Å²) in [5.41, 5.74) is -0.180. The SMILES string of the molecule is Cc1cccc(N2C(=O)[C@@H]3[C@H](c4ccc(F)cc4)OC4(C(=O)c5ccccc5C4=O)[C@H]3C2=O)c1. The number of aryl methyl sites for hydroxylation is 1. The molecule has 1 spiro atoms. The fourth-order valence-corrected chi connectivity index (χ4v) is 5.49. The molecule has 0 saturated carbocycles. The molecule has 2 amide bonds. The molecule has 3 aromatic rings. The molecule has 7 heteroatoms. The van der Waals surface area contributed by atoms with Crippen LogP contribution in [0.5, 0.6) is 0 Å². The van der Waals surface area contributed by atoms with Gasteiger partial charge >= 0.3 is 0 Å². The smallest absolute Gasteiger partial charge is 0.241 e. The molecule has 2 fully saturated rings. The molecule has 2 aliphatic heterocycles. The van der Waals surface area contributed by atoms with Gasteiger partial charge in [0.15, 0.2) is 0 Å². The molecule has 3 atom stereocenters. The zero-order chi connectivity index (χ0) is 23.8. The van der Waals surface area contributed by atoms with Crippen molar-refractivity contribution in [3.63, 3.8) is 0 Å². The number of amides is 2. The maximum atomic E-state index is 13.8. The average molecular weight is 455 g/mol. The van der Waals surface area contributed by atoms with Gasteiger partial charge in [0.05, 0.1) is 23.6 Å². The number of carbonyl (C=O) groups is 4. The maximum absolute atomic E-state index is 13.8. The number of carbonyl (C=O) groups excluding carboxylic acids is 4. The average Bonchev–Trinajstić information content (AvgIpc) is 3.40. The van der Waals surface area contributed by atoms with Gasteiger partial charge in [0, 0.05) is 11.1 Å². The predicted molar refractivity (Wildman–Crippen MR) is 119 cm³/mol. The summed E-state index contributed by atoms with van der Waals surface area (Å²) in [5.74, 6) is -5.38. The topological polar surface area (TPSA) is 80.8 Å². The summed E-state index contributed by atoms with van der Waals surface area (Å²) >= 11 is 0. The highest BCUT2D eigenvalue weighted by molar-refractivity contribution is 6.37. The number of ether oxygens (including phenoxy) is 1. The molecule has 6 rings (SSSR count). The molecule has 34 heavy (non-hydrogen) atoms. The second-order valence-corrected chi connectivity index (χ2v) is 8.88. The number of hydrogen-bond donors (Lipinski definition) is 0. The van der Waals surface area contributed by atoms with Gasteiger partial charge in [-0.25, -0.2) is 9.29 Å².